The molecule has 0 aromatic heterocycles. The van der Waals surface area contributed by atoms with Crippen molar-refractivity contribution in [2.75, 3.05) is 20.2 Å². The van der Waals surface area contributed by atoms with Gasteiger partial charge < -0.3 is 10.1 Å². The third-order valence-electron chi connectivity index (χ3n) is 4.94. The largest absolute Gasteiger partial charge is 0.496 e. The van der Waals surface area contributed by atoms with Crippen LogP contribution in [-0.4, -0.2) is 37.2 Å². The van der Waals surface area contributed by atoms with E-state index in [4.69, 9.17) is 4.74 Å². The molecule has 1 aliphatic heterocycles. The summed E-state index contributed by atoms with van der Waals surface area (Å²) in [6.45, 7) is 3.38. The molecule has 3 heteroatoms. The zero-order valence-electron chi connectivity index (χ0n) is 13.2. The number of methoxy groups -OCH3 is 1. The van der Waals surface area contributed by atoms with Gasteiger partial charge in [-0.3, -0.25) is 4.90 Å². The number of ether oxygens (including phenoxy) is 1. The van der Waals surface area contributed by atoms with Gasteiger partial charge in [-0.15, -0.1) is 0 Å². The first-order valence-electron chi connectivity index (χ1n) is 8.45. The number of nitrogens with zero attached hydrogens (tertiary/aromatic N) is 1. The van der Waals surface area contributed by atoms with Crippen molar-refractivity contribution in [2.24, 2.45) is 0 Å². The minimum atomic E-state index is 0.683. The van der Waals surface area contributed by atoms with Crippen molar-refractivity contribution in [3.8, 4) is 5.75 Å². The van der Waals surface area contributed by atoms with Crippen LogP contribution in [0, 0.1) is 0 Å². The minimum Gasteiger partial charge on any atom is -0.496 e. The summed E-state index contributed by atoms with van der Waals surface area (Å²) in [5.74, 6) is 1.01. The van der Waals surface area contributed by atoms with E-state index < -0.39 is 0 Å². The Labute approximate surface area is 128 Å². The maximum absolute atomic E-state index is 5.46. The summed E-state index contributed by atoms with van der Waals surface area (Å²) in [6.07, 6.45) is 8.30. The number of para-hydroxylation sites is 1. The Bertz CT molecular complexity index is 443. The van der Waals surface area contributed by atoms with E-state index in [9.17, 15) is 0 Å². The summed E-state index contributed by atoms with van der Waals surface area (Å²) in [5, 5.41) is 3.89. The molecule has 1 heterocycles. The fourth-order valence-corrected chi connectivity index (χ4v) is 3.79. The zero-order chi connectivity index (χ0) is 14.5. The molecule has 1 saturated carbocycles. The maximum Gasteiger partial charge on any atom is 0.123 e. The molecule has 0 amide bonds. The highest BCUT2D eigenvalue weighted by Gasteiger charge is 2.25. The molecule has 21 heavy (non-hydrogen) atoms. The fourth-order valence-electron chi connectivity index (χ4n) is 3.79. The summed E-state index contributed by atoms with van der Waals surface area (Å²) < 4.78 is 5.46. The van der Waals surface area contributed by atoms with E-state index in [2.05, 4.69) is 28.4 Å². The number of hydrogen-bond donors (Lipinski definition) is 1. The van der Waals surface area contributed by atoms with Crippen LogP contribution in [0.25, 0.3) is 0 Å². The van der Waals surface area contributed by atoms with Crippen molar-refractivity contribution in [3.63, 3.8) is 0 Å². The Morgan fingerprint density at radius 2 is 1.90 bits per heavy atom. The monoisotopic (exact) mass is 288 g/mol. The standard InChI is InChI=1S/C18H28N2O/c1-21-18-10-6-5-7-15(18)13-20-12-11-17(14-20)19-16-8-3-2-4-9-16/h5-7,10,16-17,19H,2-4,8-9,11-14H2,1H3/t17-/m0/s1. The summed E-state index contributed by atoms with van der Waals surface area (Å²) in [6, 6.07) is 9.84. The molecule has 3 rings (SSSR count). The van der Waals surface area contributed by atoms with E-state index in [1.165, 1.54) is 57.2 Å². The van der Waals surface area contributed by atoms with E-state index in [-0.39, 0.29) is 0 Å². The fraction of sp³-hybridized carbons (Fsp3) is 0.667. The van der Waals surface area contributed by atoms with Gasteiger partial charge in [0.15, 0.2) is 0 Å². The Hall–Kier alpha value is -1.06. The Morgan fingerprint density at radius 3 is 2.71 bits per heavy atom. The number of nitrogens with one attached hydrogen (secondary N) is 1. The molecule has 1 atom stereocenters. The second kappa shape index (κ2) is 7.28. The molecule has 1 aliphatic carbocycles. The Morgan fingerprint density at radius 1 is 1.10 bits per heavy atom. The van der Waals surface area contributed by atoms with E-state index >= 15 is 0 Å². The van der Waals surface area contributed by atoms with Crippen LogP contribution in [0.2, 0.25) is 0 Å². The van der Waals surface area contributed by atoms with Gasteiger partial charge in [0.2, 0.25) is 0 Å². The highest BCUT2D eigenvalue weighted by molar-refractivity contribution is 5.33. The van der Waals surface area contributed by atoms with Gasteiger partial charge in [-0.05, 0) is 25.3 Å². The van der Waals surface area contributed by atoms with Gasteiger partial charge in [-0.1, -0.05) is 37.5 Å². The van der Waals surface area contributed by atoms with Crippen LogP contribution in [0.3, 0.4) is 0 Å². The summed E-state index contributed by atoms with van der Waals surface area (Å²) in [4.78, 5) is 2.55. The Balaban J connectivity index is 1.50. The molecule has 2 fully saturated rings. The first-order chi connectivity index (χ1) is 10.3. The number of hydrogen-bond acceptors (Lipinski definition) is 3. The molecule has 0 spiro atoms. The molecule has 0 radical (unpaired) electrons. The summed E-state index contributed by atoms with van der Waals surface area (Å²) in [7, 11) is 1.76. The predicted molar refractivity (Wildman–Crippen MR) is 86.7 cm³/mol. The third-order valence-corrected chi connectivity index (χ3v) is 4.94. The van der Waals surface area contributed by atoms with Crippen molar-refractivity contribution in [2.45, 2.75) is 57.2 Å². The van der Waals surface area contributed by atoms with Crippen LogP contribution < -0.4 is 10.1 Å². The van der Waals surface area contributed by atoms with Crippen LogP contribution in [0.5, 0.6) is 5.75 Å². The number of benzene rings is 1. The van der Waals surface area contributed by atoms with Gasteiger partial charge in [-0.2, -0.15) is 0 Å². The normalized spacial score (nSPS) is 24.3. The zero-order valence-corrected chi connectivity index (χ0v) is 13.2. The van der Waals surface area contributed by atoms with Gasteiger partial charge in [0.25, 0.3) is 0 Å². The molecule has 116 valence electrons. The molecule has 1 aromatic carbocycles. The lowest BCUT2D eigenvalue weighted by Crippen LogP contribution is -2.41. The van der Waals surface area contributed by atoms with E-state index in [1.807, 2.05) is 6.07 Å². The second-order valence-corrected chi connectivity index (χ2v) is 6.53. The number of rotatable bonds is 5. The van der Waals surface area contributed by atoms with Gasteiger partial charge in [0.05, 0.1) is 7.11 Å². The molecule has 1 aromatic rings. The lowest BCUT2D eigenvalue weighted by molar-refractivity contribution is 0.294. The molecule has 0 unspecified atom stereocenters. The van der Waals surface area contributed by atoms with Crippen LogP contribution in [0.1, 0.15) is 44.1 Å². The molecule has 0 bridgehead atoms. The first-order valence-corrected chi connectivity index (χ1v) is 8.45. The highest BCUT2D eigenvalue weighted by Crippen LogP contribution is 2.23. The van der Waals surface area contributed by atoms with E-state index in [1.54, 1.807) is 7.11 Å². The second-order valence-electron chi connectivity index (χ2n) is 6.53. The third kappa shape index (κ3) is 3.98. The smallest absolute Gasteiger partial charge is 0.123 e. The van der Waals surface area contributed by atoms with E-state index in [0.29, 0.717) is 6.04 Å². The van der Waals surface area contributed by atoms with Crippen LogP contribution >= 0.6 is 0 Å². The predicted octanol–water partition coefficient (Wildman–Crippen LogP) is 3.19. The van der Waals surface area contributed by atoms with Gasteiger partial charge in [0.1, 0.15) is 5.75 Å². The maximum atomic E-state index is 5.46. The summed E-state index contributed by atoms with van der Waals surface area (Å²) in [5.41, 5.74) is 1.30. The average molecular weight is 288 g/mol. The Kier molecular flexibility index (Phi) is 5.15. The van der Waals surface area contributed by atoms with Crippen LogP contribution in [-0.2, 0) is 6.54 Å². The SMILES string of the molecule is COc1ccccc1CN1CC[C@H](NC2CCCCC2)C1. The average Bonchev–Trinajstić information content (AvgIpc) is 2.96. The first kappa shape index (κ1) is 14.9. The molecule has 1 saturated heterocycles. The lowest BCUT2D eigenvalue weighted by atomic mass is 9.95. The van der Waals surface area contributed by atoms with Crippen molar-refractivity contribution in [1.29, 1.82) is 0 Å². The van der Waals surface area contributed by atoms with E-state index in [0.717, 1.165) is 18.3 Å². The minimum absolute atomic E-state index is 0.683. The van der Waals surface area contributed by atoms with Crippen LogP contribution in [0.15, 0.2) is 24.3 Å². The molecule has 2 aliphatic rings. The summed E-state index contributed by atoms with van der Waals surface area (Å²) >= 11 is 0. The van der Waals surface area contributed by atoms with Gasteiger partial charge >= 0.3 is 0 Å². The topological polar surface area (TPSA) is 24.5 Å². The highest BCUT2D eigenvalue weighted by atomic mass is 16.5. The quantitative estimate of drug-likeness (QED) is 0.900. The van der Waals surface area contributed by atoms with Gasteiger partial charge in [0, 0.05) is 37.3 Å². The van der Waals surface area contributed by atoms with Crippen molar-refractivity contribution >= 4 is 0 Å². The molecular weight excluding hydrogens is 260 g/mol. The molecule has 1 N–H and O–H groups in total. The lowest BCUT2D eigenvalue weighted by Gasteiger charge is -2.26. The van der Waals surface area contributed by atoms with Crippen molar-refractivity contribution in [3.05, 3.63) is 29.8 Å². The molecule has 3 nitrogen and oxygen atoms in total. The van der Waals surface area contributed by atoms with Crippen molar-refractivity contribution < 1.29 is 4.74 Å². The van der Waals surface area contributed by atoms with Crippen molar-refractivity contribution in [1.82, 2.24) is 10.2 Å². The molecular formula is C18H28N2O. The number of likely N-dealkylation sites (tertiary alicyclic amines) is 1. The van der Waals surface area contributed by atoms with Crippen LogP contribution in [0.4, 0.5) is 0 Å². The van der Waals surface area contributed by atoms with Gasteiger partial charge in [-0.25, -0.2) is 0 Å².